The van der Waals surface area contributed by atoms with Gasteiger partial charge in [0.1, 0.15) is 0 Å². The van der Waals surface area contributed by atoms with Crippen LogP contribution in [0.25, 0.3) is 0 Å². The third-order valence-corrected chi connectivity index (χ3v) is 3.86. The maximum atomic E-state index is 12.5. The second-order valence-corrected chi connectivity index (χ2v) is 5.16. The Hall–Kier alpha value is -1.36. The molecule has 0 spiro atoms. The lowest BCUT2D eigenvalue weighted by molar-refractivity contribution is 0.0676. The van der Waals surface area contributed by atoms with Gasteiger partial charge in [-0.15, -0.1) is 0 Å². The van der Waals surface area contributed by atoms with Crippen LogP contribution in [0.5, 0.6) is 0 Å². The van der Waals surface area contributed by atoms with Crippen molar-refractivity contribution in [3.8, 4) is 0 Å². The molecule has 2 N–H and O–H groups in total. The zero-order chi connectivity index (χ0) is 13.3. The molecule has 2 heterocycles. The number of nitrogens with zero attached hydrogens (tertiary/aromatic N) is 3. The van der Waals surface area contributed by atoms with Crippen LogP contribution in [-0.4, -0.2) is 40.2 Å². The Bertz CT molecular complexity index is 452. The fourth-order valence-corrected chi connectivity index (χ4v) is 2.68. The molecule has 1 fully saturated rings. The van der Waals surface area contributed by atoms with Gasteiger partial charge < -0.3 is 10.6 Å². The van der Waals surface area contributed by atoms with Crippen LogP contribution in [0.15, 0.2) is 0 Å². The van der Waals surface area contributed by atoms with Crippen molar-refractivity contribution in [2.45, 2.75) is 26.7 Å². The van der Waals surface area contributed by atoms with Crippen molar-refractivity contribution in [1.29, 1.82) is 0 Å². The Morgan fingerprint density at radius 1 is 1.50 bits per heavy atom. The predicted octanol–water partition coefficient (Wildman–Crippen LogP) is 0.848. The normalized spacial score (nSPS) is 20.2. The van der Waals surface area contributed by atoms with Gasteiger partial charge in [0.05, 0.1) is 11.3 Å². The summed E-state index contributed by atoms with van der Waals surface area (Å²) in [7, 11) is 1.87. The second kappa shape index (κ2) is 5.10. The molecule has 100 valence electrons. The van der Waals surface area contributed by atoms with E-state index in [-0.39, 0.29) is 5.91 Å². The van der Waals surface area contributed by atoms with Crippen molar-refractivity contribution in [3.63, 3.8) is 0 Å². The van der Waals surface area contributed by atoms with Crippen LogP contribution in [0.2, 0.25) is 0 Å². The molecule has 0 bridgehead atoms. The van der Waals surface area contributed by atoms with E-state index in [2.05, 4.69) is 5.10 Å². The lowest BCUT2D eigenvalue weighted by Crippen LogP contribution is -2.42. The van der Waals surface area contributed by atoms with Gasteiger partial charge in [-0.25, -0.2) is 0 Å². The molecule has 1 saturated heterocycles. The fourth-order valence-electron chi connectivity index (χ4n) is 2.68. The first-order valence-corrected chi connectivity index (χ1v) is 6.54. The highest BCUT2D eigenvalue weighted by molar-refractivity contribution is 5.96. The molecular formula is C13H22N4O. The molecule has 1 aromatic rings. The zero-order valence-electron chi connectivity index (χ0n) is 11.4. The van der Waals surface area contributed by atoms with Crippen LogP contribution in [-0.2, 0) is 7.05 Å². The topological polar surface area (TPSA) is 64.2 Å². The van der Waals surface area contributed by atoms with Crippen molar-refractivity contribution in [2.24, 2.45) is 18.7 Å². The minimum Gasteiger partial charge on any atom is -0.338 e. The molecule has 18 heavy (non-hydrogen) atoms. The molecule has 5 nitrogen and oxygen atoms in total. The average molecular weight is 250 g/mol. The van der Waals surface area contributed by atoms with Gasteiger partial charge in [-0.1, -0.05) is 0 Å². The summed E-state index contributed by atoms with van der Waals surface area (Å²) < 4.78 is 1.77. The van der Waals surface area contributed by atoms with Crippen LogP contribution in [0.4, 0.5) is 0 Å². The zero-order valence-corrected chi connectivity index (χ0v) is 11.4. The van der Waals surface area contributed by atoms with Crippen LogP contribution >= 0.6 is 0 Å². The van der Waals surface area contributed by atoms with E-state index in [0.29, 0.717) is 12.5 Å². The highest BCUT2D eigenvalue weighted by atomic mass is 16.2. The van der Waals surface area contributed by atoms with Gasteiger partial charge in [0, 0.05) is 25.8 Å². The van der Waals surface area contributed by atoms with Crippen molar-refractivity contribution in [3.05, 3.63) is 17.0 Å². The van der Waals surface area contributed by atoms with Gasteiger partial charge in [0.25, 0.3) is 5.91 Å². The molecule has 0 radical (unpaired) electrons. The first-order valence-electron chi connectivity index (χ1n) is 6.54. The second-order valence-electron chi connectivity index (χ2n) is 5.16. The van der Waals surface area contributed by atoms with Crippen molar-refractivity contribution < 1.29 is 4.79 Å². The van der Waals surface area contributed by atoms with Crippen molar-refractivity contribution in [1.82, 2.24) is 14.7 Å². The Balaban J connectivity index is 2.20. The number of carbonyl (C=O) groups is 1. The summed E-state index contributed by atoms with van der Waals surface area (Å²) >= 11 is 0. The summed E-state index contributed by atoms with van der Waals surface area (Å²) in [5, 5.41) is 4.31. The van der Waals surface area contributed by atoms with Gasteiger partial charge in [0.15, 0.2) is 0 Å². The van der Waals surface area contributed by atoms with Gasteiger partial charge >= 0.3 is 0 Å². The van der Waals surface area contributed by atoms with E-state index in [1.165, 1.54) is 0 Å². The average Bonchev–Trinajstić information content (AvgIpc) is 2.62. The molecule has 0 aromatic carbocycles. The smallest absolute Gasteiger partial charge is 0.257 e. The summed E-state index contributed by atoms with van der Waals surface area (Å²) in [6, 6.07) is 0. The maximum absolute atomic E-state index is 12.5. The number of hydrogen-bond acceptors (Lipinski definition) is 3. The van der Waals surface area contributed by atoms with Gasteiger partial charge in [0.2, 0.25) is 0 Å². The van der Waals surface area contributed by atoms with Crippen LogP contribution in [0.1, 0.15) is 34.6 Å². The minimum absolute atomic E-state index is 0.108. The molecule has 1 amide bonds. The van der Waals surface area contributed by atoms with E-state index >= 15 is 0 Å². The number of nitrogens with two attached hydrogens (primary N) is 1. The molecule has 0 saturated carbocycles. The molecule has 1 unspecified atom stereocenters. The number of rotatable bonds is 2. The Labute approximate surface area is 108 Å². The molecule has 1 aromatic heterocycles. The van der Waals surface area contributed by atoms with Crippen LogP contribution < -0.4 is 5.73 Å². The summed E-state index contributed by atoms with van der Waals surface area (Å²) in [5.74, 6) is 0.552. The first-order chi connectivity index (χ1) is 8.54. The Kier molecular flexibility index (Phi) is 3.71. The van der Waals surface area contributed by atoms with E-state index in [1.807, 2.05) is 25.8 Å². The van der Waals surface area contributed by atoms with Gasteiger partial charge in [-0.05, 0) is 39.2 Å². The lowest BCUT2D eigenvalue weighted by atomic mass is 9.97. The largest absolute Gasteiger partial charge is 0.338 e. The summed E-state index contributed by atoms with van der Waals surface area (Å²) in [6.07, 6.45) is 2.18. The number of likely N-dealkylation sites (tertiary alicyclic amines) is 1. The van der Waals surface area contributed by atoms with E-state index < -0.39 is 0 Å². The molecular weight excluding hydrogens is 228 g/mol. The van der Waals surface area contributed by atoms with Crippen molar-refractivity contribution in [2.75, 3.05) is 19.6 Å². The summed E-state index contributed by atoms with van der Waals surface area (Å²) in [4.78, 5) is 14.5. The van der Waals surface area contributed by atoms with E-state index in [4.69, 9.17) is 5.73 Å². The Morgan fingerprint density at radius 2 is 2.22 bits per heavy atom. The van der Waals surface area contributed by atoms with Crippen LogP contribution in [0.3, 0.4) is 0 Å². The molecule has 0 aliphatic carbocycles. The molecule has 1 aliphatic rings. The molecule has 2 rings (SSSR count). The third-order valence-electron chi connectivity index (χ3n) is 3.86. The predicted molar refractivity (Wildman–Crippen MR) is 70.4 cm³/mol. The van der Waals surface area contributed by atoms with E-state index in [9.17, 15) is 4.79 Å². The molecule has 1 aliphatic heterocycles. The monoisotopic (exact) mass is 250 g/mol. The Morgan fingerprint density at radius 3 is 2.78 bits per heavy atom. The summed E-state index contributed by atoms with van der Waals surface area (Å²) in [5.41, 5.74) is 8.23. The number of piperidine rings is 1. The van der Waals surface area contributed by atoms with Crippen LogP contribution in [0, 0.1) is 19.8 Å². The first kappa shape index (κ1) is 13.1. The van der Waals surface area contributed by atoms with E-state index in [1.54, 1.807) is 4.68 Å². The number of carbonyl (C=O) groups excluding carboxylic acids is 1. The number of amides is 1. The fraction of sp³-hybridized carbons (Fsp3) is 0.692. The highest BCUT2D eigenvalue weighted by Crippen LogP contribution is 2.20. The minimum atomic E-state index is 0.108. The summed E-state index contributed by atoms with van der Waals surface area (Å²) in [6.45, 7) is 6.11. The number of hydrogen-bond donors (Lipinski definition) is 1. The quantitative estimate of drug-likeness (QED) is 0.846. The third kappa shape index (κ3) is 2.27. The van der Waals surface area contributed by atoms with Gasteiger partial charge in [-0.3, -0.25) is 9.48 Å². The lowest BCUT2D eigenvalue weighted by Gasteiger charge is -2.32. The van der Waals surface area contributed by atoms with Crippen molar-refractivity contribution >= 4 is 5.91 Å². The highest BCUT2D eigenvalue weighted by Gasteiger charge is 2.27. The molecule has 1 atom stereocenters. The standard InChI is InChI=1S/C13H22N4O/c1-9-12(10(2)16(3)15-9)13(18)17-6-4-5-11(7-14)8-17/h11H,4-8,14H2,1-3H3. The number of aryl methyl sites for hydroxylation is 2. The number of aromatic nitrogens is 2. The molecule has 5 heteroatoms. The maximum Gasteiger partial charge on any atom is 0.257 e. The SMILES string of the molecule is Cc1nn(C)c(C)c1C(=O)N1CCCC(CN)C1. The van der Waals surface area contributed by atoms with Gasteiger partial charge in [-0.2, -0.15) is 5.10 Å². The van der Waals surface area contributed by atoms with E-state index in [0.717, 1.165) is 42.9 Å².